The van der Waals surface area contributed by atoms with Crippen LogP contribution in [0.15, 0.2) is 30.3 Å². The number of esters is 1. The Bertz CT molecular complexity index is 507. The molecular formula is C17H25NO4. The van der Waals surface area contributed by atoms with Crippen molar-refractivity contribution >= 4 is 12.1 Å². The zero-order valence-electron chi connectivity index (χ0n) is 13.9. The fourth-order valence-corrected chi connectivity index (χ4v) is 2.26. The number of ether oxygens (including phenoxy) is 2. The number of hydrogen-bond acceptors (Lipinski definition) is 4. The fraction of sp³-hybridized carbons (Fsp3) is 0.529. The zero-order valence-corrected chi connectivity index (χ0v) is 13.9. The Hall–Kier alpha value is -2.04. The molecule has 0 bridgehead atoms. The van der Waals surface area contributed by atoms with E-state index in [0.717, 1.165) is 5.56 Å². The molecule has 22 heavy (non-hydrogen) atoms. The van der Waals surface area contributed by atoms with Crippen LogP contribution in [0.3, 0.4) is 0 Å². The van der Waals surface area contributed by atoms with Crippen molar-refractivity contribution in [2.24, 2.45) is 0 Å². The van der Waals surface area contributed by atoms with Crippen molar-refractivity contribution in [3.8, 4) is 0 Å². The molecule has 0 saturated heterocycles. The number of hydrogen-bond donors (Lipinski definition) is 1. The Morgan fingerprint density at radius 1 is 1.14 bits per heavy atom. The average molecular weight is 307 g/mol. The van der Waals surface area contributed by atoms with E-state index in [1.165, 1.54) is 7.11 Å². The molecule has 0 saturated carbocycles. The van der Waals surface area contributed by atoms with Crippen molar-refractivity contribution in [1.82, 2.24) is 5.32 Å². The molecule has 0 heterocycles. The largest absolute Gasteiger partial charge is 0.468 e. The molecule has 0 aromatic heterocycles. The lowest BCUT2D eigenvalue weighted by Gasteiger charge is -2.31. The standard InChI is InChI=1S/C17H25NO4/c1-6-17(14(19)21-5,13-10-8-7-9-11-13)12-18-15(20)22-16(2,3)4/h7-11H,6,12H2,1-5H3,(H,18,20)/t17-/m0/s1. The molecule has 1 aromatic carbocycles. The Morgan fingerprint density at radius 3 is 2.18 bits per heavy atom. The zero-order chi connectivity index (χ0) is 16.8. The van der Waals surface area contributed by atoms with Crippen molar-refractivity contribution in [3.63, 3.8) is 0 Å². The van der Waals surface area contributed by atoms with Gasteiger partial charge in [0.2, 0.25) is 0 Å². The van der Waals surface area contributed by atoms with Gasteiger partial charge < -0.3 is 14.8 Å². The second-order valence-corrected chi connectivity index (χ2v) is 6.15. The van der Waals surface area contributed by atoms with Crippen molar-refractivity contribution in [3.05, 3.63) is 35.9 Å². The minimum absolute atomic E-state index is 0.120. The first-order valence-electron chi connectivity index (χ1n) is 7.36. The molecule has 0 spiro atoms. The minimum Gasteiger partial charge on any atom is -0.468 e. The van der Waals surface area contributed by atoms with Gasteiger partial charge in [-0.05, 0) is 32.8 Å². The lowest BCUT2D eigenvalue weighted by molar-refractivity contribution is -0.147. The molecule has 1 N–H and O–H groups in total. The maximum absolute atomic E-state index is 12.3. The van der Waals surface area contributed by atoms with Gasteiger partial charge in [-0.15, -0.1) is 0 Å². The topological polar surface area (TPSA) is 64.6 Å². The second-order valence-electron chi connectivity index (χ2n) is 6.15. The van der Waals surface area contributed by atoms with Gasteiger partial charge in [0.1, 0.15) is 11.0 Å². The molecule has 122 valence electrons. The molecule has 0 aliphatic heterocycles. The Kier molecular flexibility index (Phi) is 5.97. The summed E-state index contributed by atoms with van der Waals surface area (Å²) in [5.74, 6) is -0.378. The van der Waals surface area contributed by atoms with Gasteiger partial charge in [-0.1, -0.05) is 37.3 Å². The summed E-state index contributed by atoms with van der Waals surface area (Å²) < 4.78 is 10.2. The molecule has 0 fully saturated rings. The van der Waals surface area contributed by atoms with Crippen LogP contribution in [0.5, 0.6) is 0 Å². The number of methoxy groups -OCH3 is 1. The molecule has 0 radical (unpaired) electrons. The summed E-state index contributed by atoms with van der Waals surface area (Å²) >= 11 is 0. The number of benzene rings is 1. The second kappa shape index (κ2) is 7.29. The first-order valence-corrected chi connectivity index (χ1v) is 7.36. The van der Waals surface area contributed by atoms with Crippen LogP contribution in [0.25, 0.3) is 0 Å². The normalized spacial score (nSPS) is 13.9. The highest BCUT2D eigenvalue weighted by Crippen LogP contribution is 2.29. The van der Waals surface area contributed by atoms with Crippen LogP contribution in [0.4, 0.5) is 4.79 Å². The van der Waals surface area contributed by atoms with Gasteiger partial charge in [0.15, 0.2) is 0 Å². The van der Waals surface area contributed by atoms with E-state index in [1.807, 2.05) is 37.3 Å². The van der Waals surface area contributed by atoms with Crippen molar-refractivity contribution in [1.29, 1.82) is 0 Å². The summed E-state index contributed by atoms with van der Waals surface area (Å²) in [6, 6.07) is 9.31. The molecule has 0 unspecified atom stereocenters. The SMILES string of the molecule is CC[C@@](CNC(=O)OC(C)(C)C)(C(=O)OC)c1ccccc1. The number of rotatable bonds is 5. The molecule has 0 aliphatic carbocycles. The summed E-state index contributed by atoms with van der Waals surface area (Å²) in [4.78, 5) is 24.2. The molecular weight excluding hydrogens is 282 g/mol. The molecule has 0 aliphatic rings. The predicted octanol–water partition coefficient (Wildman–Crippen LogP) is 3.03. The third-order valence-corrected chi connectivity index (χ3v) is 3.44. The first-order chi connectivity index (χ1) is 10.2. The van der Waals surface area contributed by atoms with Crippen LogP contribution in [0.1, 0.15) is 39.7 Å². The number of carbonyl (C=O) groups excluding carboxylic acids is 2. The number of carbonyl (C=O) groups is 2. The minimum atomic E-state index is -0.924. The average Bonchev–Trinajstić information content (AvgIpc) is 2.47. The lowest BCUT2D eigenvalue weighted by Crippen LogP contribution is -2.47. The van der Waals surface area contributed by atoms with Crippen LogP contribution >= 0.6 is 0 Å². The van der Waals surface area contributed by atoms with Gasteiger partial charge >= 0.3 is 12.1 Å². The summed E-state index contributed by atoms with van der Waals surface area (Å²) in [6.45, 7) is 7.38. The van der Waals surface area contributed by atoms with Gasteiger partial charge in [-0.25, -0.2) is 4.79 Å². The third-order valence-electron chi connectivity index (χ3n) is 3.44. The van der Waals surface area contributed by atoms with E-state index in [-0.39, 0.29) is 12.5 Å². The number of alkyl carbamates (subject to hydrolysis) is 1. The Balaban J connectivity index is 2.98. The Labute approximate surface area is 132 Å². The van der Waals surface area contributed by atoms with Crippen molar-refractivity contribution in [2.75, 3.05) is 13.7 Å². The van der Waals surface area contributed by atoms with Crippen LogP contribution < -0.4 is 5.32 Å². The quantitative estimate of drug-likeness (QED) is 0.849. The van der Waals surface area contributed by atoms with Gasteiger partial charge in [-0.2, -0.15) is 0 Å². The van der Waals surface area contributed by atoms with Crippen molar-refractivity contribution in [2.45, 2.75) is 45.1 Å². The van der Waals surface area contributed by atoms with Crippen LogP contribution in [-0.4, -0.2) is 31.3 Å². The molecule has 1 aromatic rings. The molecule has 5 nitrogen and oxygen atoms in total. The predicted molar refractivity (Wildman–Crippen MR) is 84.7 cm³/mol. The first kappa shape index (κ1) is 18.0. The Morgan fingerprint density at radius 2 is 1.73 bits per heavy atom. The highest BCUT2D eigenvalue weighted by atomic mass is 16.6. The summed E-state index contributed by atoms with van der Waals surface area (Å²) in [7, 11) is 1.35. The summed E-state index contributed by atoms with van der Waals surface area (Å²) in [5, 5.41) is 2.68. The van der Waals surface area contributed by atoms with Crippen molar-refractivity contribution < 1.29 is 19.1 Å². The number of amides is 1. The molecule has 5 heteroatoms. The third kappa shape index (κ3) is 4.48. The van der Waals surface area contributed by atoms with Gasteiger partial charge in [0.25, 0.3) is 0 Å². The lowest BCUT2D eigenvalue weighted by atomic mass is 9.78. The van der Waals surface area contributed by atoms with Crippen LogP contribution in [0.2, 0.25) is 0 Å². The van der Waals surface area contributed by atoms with Crippen LogP contribution in [-0.2, 0) is 19.7 Å². The van der Waals surface area contributed by atoms with E-state index in [0.29, 0.717) is 6.42 Å². The van der Waals surface area contributed by atoms with E-state index in [9.17, 15) is 9.59 Å². The van der Waals surface area contributed by atoms with E-state index in [4.69, 9.17) is 9.47 Å². The van der Waals surface area contributed by atoms with Crippen LogP contribution in [0, 0.1) is 0 Å². The molecule has 1 atom stereocenters. The highest BCUT2D eigenvalue weighted by molar-refractivity contribution is 5.84. The van der Waals surface area contributed by atoms with Gasteiger partial charge in [0.05, 0.1) is 7.11 Å². The van der Waals surface area contributed by atoms with E-state index >= 15 is 0 Å². The highest BCUT2D eigenvalue weighted by Gasteiger charge is 2.40. The van der Waals surface area contributed by atoms with E-state index in [1.54, 1.807) is 20.8 Å². The smallest absolute Gasteiger partial charge is 0.407 e. The van der Waals surface area contributed by atoms with Gasteiger partial charge in [-0.3, -0.25) is 4.79 Å². The summed E-state index contributed by atoms with van der Waals surface area (Å²) in [6.07, 6.45) is -0.0513. The molecule has 1 amide bonds. The van der Waals surface area contributed by atoms with E-state index in [2.05, 4.69) is 5.32 Å². The monoisotopic (exact) mass is 307 g/mol. The summed E-state index contributed by atoms with van der Waals surface area (Å²) in [5.41, 5.74) is -0.704. The molecule has 1 rings (SSSR count). The maximum atomic E-state index is 12.3. The number of nitrogens with one attached hydrogen (secondary N) is 1. The fourth-order valence-electron chi connectivity index (χ4n) is 2.26. The van der Waals surface area contributed by atoms with Gasteiger partial charge in [0, 0.05) is 6.54 Å². The van der Waals surface area contributed by atoms with E-state index < -0.39 is 17.1 Å². The maximum Gasteiger partial charge on any atom is 0.407 e.